The van der Waals surface area contributed by atoms with Gasteiger partial charge in [-0.05, 0) is 222 Å². The summed E-state index contributed by atoms with van der Waals surface area (Å²) in [5.74, 6) is 0. The van der Waals surface area contributed by atoms with E-state index in [1.807, 2.05) is 0 Å². The van der Waals surface area contributed by atoms with Gasteiger partial charge in [-0.1, -0.05) is 172 Å². The quantitative estimate of drug-likeness (QED) is 0.121. The number of nitrogens with zero attached hydrogens (tertiary/aromatic N) is 4. The number of aryl methyl sites for hydroxylation is 3. The molecule has 0 unspecified atom stereocenters. The molecular weight excluding hydrogens is 1030 g/mol. The molecule has 0 saturated heterocycles. The highest BCUT2D eigenvalue weighted by molar-refractivity contribution is 6.16. The van der Waals surface area contributed by atoms with Crippen LogP contribution in [0.5, 0.6) is 0 Å². The molecule has 12 aromatic carbocycles. The van der Waals surface area contributed by atoms with E-state index in [2.05, 4.69) is 341 Å². The minimum Gasteiger partial charge on any atom is -0.311 e. The Morgan fingerprint density at radius 2 is 0.482 bits per heavy atom. The van der Waals surface area contributed by atoms with Crippen molar-refractivity contribution in [2.75, 3.05) is 14.7 Å². The summed E-state index contributed by atoms with van der Waals surface area (Å²) >= 11 is 0. The molecule has 0 spiro atoms. The van der Waals surface area contributed by atoms with Gasteiger partial charge in [0.25, 0.3) is 0 Å². The van der Waals surface area contributed by atoms with E-state index >= 15 is 0 Å². The second-order valence-electron chi connectivity index (χ2n) is 24.5. The van der Waals surface area contributed by atoms with Gasteiger partial charge in [-0.15, -0.1) is 0 Å². The first kappa shape index (κ1) is 51.7. The lowest BCUT2D eigenvalue weighted by molar-refractivity contribution is 0.594. The van der Waals surface area contributed by atoms with Crippen molar-refractivity contribution in [2.45, 2.75) is 59.3 Å². The molecule has 0 amide bonds. The van der Waals surface area contributed by atoms with Crippen LogP contribution >= 0.6 is 0 Å². The van der Waals surface area contributed by atoms with E-state index in [0.29, 0.717) is 0 Å². The van der Waals surface area contributed by atoms with Gasteiger partial charge in [-0.25, -0.2) is 0 Å². The van der Waals surface area contributed by atoms with Crippen molar-refractivity contribution in [3.63, 3.8) is 0 Å². The second-order valence-corrected chi connectivity index (χ2v) is 24.5. The van der Waals surface area contributed by atoms with Crippen LogP contribution in [0.15, 0.2) is 273 Å². The topological polar surface area (TPSA) is 14.7 Å². The molecule has 13 aromatic rings. The molecule has 0 N–H and O–H groups in total. The first-order valence-electron chi connectivity index (χ1n) is 29.8. The summed E-state index contributed by atoms with van der Waals surface area (Å²) in [4.78, 5) is 7.06. The lowest BCUT2D eigenvalue weighted by Crippen LogP contribution is -2.33. The van der Waals surface area contributed by atoms with E-state index in [1.165, 1.54) is 99.8 Å². The summed E-state index contributed by atoms with van der Waals surface area (Å²) in [6.45, 7) is 16.3. The predicted molar refractivity (Wildman–Crippen MR) is 360 cm³/mol. The SMILES string of the molecule is Cc1ccc(N(c2ccccc2)c2ccc(-c3cc4c5c(c3)C(C)(C)c3cc(-c6ccc(N(c7ccccc7)c7ccc(C)cc7)cc6)cc6c7cc(-c8ccc(N(c9ccccc9)c9ccc(C)cc9)cc8)cc(c7n-5c36)C4(C)C)cc2)cc1. The molecule has 410 valence electrons. The maximum absolute atomic E-state index is 2.67. The Morgan fingerprint density at radius 3 is 0.765 bits per heavy atom. The predicted octanol–water partition coefficient (Wildman–Crippen LogP) is 22.4. The standard InChI is InChI=1S/C81H66N4/c1-53-23-35-65(36-24-53)82(62-17-11-8-12-18-62)68-41-29-56(30-42-68)59-47-71-72-48-60(57-31-43-69(44-32-57)83(63-19-13-9-14-20-63)66-37-25-54(2)26-38-66)50-74-78(72)85-77(71)73(49-59)80(4,5)75-51-61(52-76(79(75)85)81(74,6)7)58-33-45-70(46-34-58)84(64-21-15-10-16-22-64)67-39-27-55(3)28-40-67/h8-52H,1-7H3. The monoisotopic (exact) mass is 1090 g/mol. The summed E-state index contributed by atoms with van der Waals surface area (Å²) in [5, 5.41) is 2.56. The largest absolute Gasteiger partial charge is 0.311 e. The lowest BCUT2D eigenvalue weighted by Gasteiger charge is -2.42. The number of aromatic nitrogens is 1. The Balaban J connectivity index is 0.908. The molecule has 0 saturated carbocycles. The molecular formula is C81H66N4. The third-order valence-electron chi connectivity index (χ3n) is 18.3. The Morgan fingerprint density at radius 1 is 0.247 bits per heavy atom. The van der Waals surface area contributed by atoms with Crippen LogP contribution in [0.25, 0.3) is 60.9 Å². The van der Waals surface area contributed by atoms with Crippen molar-refractivity contribution < 1.29 is 0 Å². The van der Waals surface area contributed by atoms with E-state index in [-0.39, 0.29) is 10.8 Å². The second kappa shape index (κ2) is 20.0. The van der Waals surface area contributed by atoms with Gasteiger partial charge < -0.3 is 19.3 Å². The van der Waals surface area contributed by atoms with Crippen LogP contribution < -0.4 is 14.7 Å². The molecule has 1 aromatic heterocycles. The maximum Gasteiger partial charge on any atom is 0.0582 e. The minimum atomic E-state index is -0.363. The third kappa shape index (κ3) is 8.65. The molecule has 15 rings (SSSR count). The molecule has 4 nitrogen and oxygen atoms in total. The fraction of sp³-hybridized carbons (Fsp3) is 0.111. The average molecular weight is 1100 g/mol. The summed E-state index contributed by atoms with van der Waals surface area (Å²) in [6, 6.07) is 101. The molecule has 0 radical (unpaired) electrons. The van der Waals surface area contributed by atoms with Crippen molar-refractivity contribution in [1.82, 2.24) is 4.57 Å². The molecule has 0 fully saturated rings. The number of hydrogen-bond acceptors (Lipinski definition) is 3. The van der Waals surface area contributed by atoms with Crippen molar-refractivity contribution >= 4 is 73.0 Å². The number of benzene rings is 12. The van der Waals surface area contributed by atoms with Gasteiger partial charge in [0.15, 0.2) is 0 Å². The Hall–Kier alpha value is -10.2. The molecule has 0 bridgehead atoms. The van der Waals surface area contributed by atoms with Crippen molar-refractivity contribution in [2.24, 2.45) is 0 Å². The molecule has 0 atom stereocenters. The van der Waals surface area contributed by atoms with Crippen LogP contribution in [0.3, 0.4) is 0 Å². The van der Waals surface area contributed by atoms with Crippen molar-refractivity contribution in [3.8, 4) is 39.1 Å². The molecule has 2 aliphatic rings. The maximum atomic E-state index is 2.67. The van der Waals surface area contributed by atoms with Crippen molar-refractivity contribution in [1.29, 1.82) is 0 Å². The van der Waals surface area contributed by atoms with Crippen LogP contribution in [-0.2, 0) is 10.8 Å². The third-order valence-corrected chi connectivity index (χ3v) is 18.3. The zero-order valence-corrected chi connectivity index (χ0v) is 49.3. The fourth-order valence-electron chi connectivity index (χ4n) is 13.6. The van der Waals surface area contributed by atoms with E-state index in [4.69, 9.17) is 0 Å². The van der Waals surface area contributed by atoms with Gasteiger partial charge in [0, 0.05) is 72.8 Å². The summed E-state index contributed by atoms with van der Waals surface area (Å²) in [7, 11) is 0. The molecule has 0 aliphatic carbocycles. The molecule has 85 heavy (non-hydrogen) atoms. The van der Waals surface area contributed by atoms with E-state index in [1.54, 1.807) is 0 Å². The van der Waals surface area contributed by atoms with E-state index in [0.717, 1.165) is 51.2 Å². The van der Waals surface area contributed by atoms with Gasteiger partial charge in [0.2, 0.25) is 0 Å². The first-order chi connectivity index (χ1) is 41.4. The highest BCUT2D eigenvalue weighted by atomic mass is 15.2. The fourth-order valence-corrected chi connectivity index (χ4v) is 13.6. The number of rotatable bonds is 12. The smallest absolute Gasteiger partial charge is 0.0582 e. The summed E-state index contributed by atoms with van der Waals surface area (Å²) in [6.07, 6.45) is 0. The zero-order chi connectivity index (χ0) is 57.7. The summed E-state index contributed by atoms with van der Waals surface area (Å²) in [5.41, 5.74) is 29.6. The highest BCUT2D eigenvalue weighted by Gasteiger charge is 2.44. The van der Waals surface area contributed by atoms with Gasteiger partial charge >= 0.3 is 0 Å². The molecule has 3 heterocycles. The van der Waals surface area contributed by atoms with Gasteiger partial charge in [-0.2, -0.15) is 0 Å². The van der Waals surface area contributed by atoms with Crippen LogP contribution in [0, 0.1) is 20.8 Å². The van der Waals surface area contributed by atoms with Gasteiger partial charge in [0.1, 0.15) is 0 Å². The number of hydrogen-bond donors (Lipinski definition) is 0. The normalized spacial score (nSPS) is 13.3. The molecule has 4 heteroatoms. The number of fused-ring (bicyclic) bond motifs is 1. The van der Waals surface area contributed by atoms with Gasteiger partial charge in [0.05, 0.1) is 16.7 Å². The Bertz CT molecular complexity index is 4430. The van der Waals surface area contributed by atoms with Crippen molar-refractivity contribution in [3.05, 3.63) is 312 Å². The minimum absolute atomic E-state index is 0.363. The van der Waals surface area contributed by atoms with Gasteiger partial charge in [-0.3, -0.25) is 0 Å². The van der Waals surface area contributed by atoms with Crippen LogP contribution in [0.4, 0.5) is 51.2 Å². The molecule has 2 aliphatic heterocycles. The van der Waals surface area contributed by atoms with Crippen LogP contribution in [-0.4, -0.2) is 4.57 Å². The highest BCUT2D eigenvalue weighted by Crippen LogP contribution is 2.58. The first-order valence-corrected chi connectivity index (χ1v) is 29.8. The van der Waals surface area contributed by atoms with Crippen LogP contribution in [0.1, 0.15) is 66.6 Å². The zero-order valence-electron chi connectivity index (χ0n) is 49.3. The van der Waals surface area contributed by atoms with Crippen LogP contribution in [0.2, 0.25) is 0 Å². The Labute approximate surface area is 499 Å². The Kier molecular flexibility index (Phi) is 12.2. The number of anilines is 9. The van der Waals surface area contributed by atoms with E-state index in [9.17, 15) is 0 Å². The van der Waals surface area contributed by atoms with E-state index < -0.39 is 0 Å². The number of para-hydroxylation sites is 3. The summed E-state index contributed by atoms with van der Waals surface area (Å²) < 4.78 is 2.67. The average Bonchev–Trinajstić information content (AvgIpc) is 1.58. The lowest BCUT2D eigenvalue weighted by atomic mass is 9.67.